The molecule has 0 saturated heterocycles. The summed E-state index contributed by atoms with van der Waals surface area (Å²) in [6.07, 6.45) is 1.51. The number of carbonyl (C=O) groups excluding carboxylic acids is 3. The Morgan fingerprint density at radius 2 is 1.47 bits per heavy atom. The van der Waals surface area contributed by atoms with Gasteiger partial charge in [0.2, 0.25) is 5.91 Å². The number of thioether (sulfide) groups is 1. The monoisotopic (exact) mass is 727 g/mol. The quantitative estimate of drug-likeness (QED) is 0.0988. The van der Waals surface area contributed by atoms with Crippen LogP contribution in [0.3, 0.4) is 0 Å². The molecule has 0 aliphatic heterocycles. The lowest BCUT2D eigenvalue weighted by Crippen LogP contribution is -2.31. The maximum Gasteiger partial charge on any atom is 0.272 e. The van der Waals surface area contributed by atoms with Gasteiger partial charge in [-0.1, -0.05) is 88.2 Å². The van der Waals surface area contributed by atoms with Gasteiger partial charge in [-0.3, -0.25) is 14.4 Å². The number of rotatable bonds is 10. The number of aryl methyl sites for hydroxylation is 1. The van der Waals surface area contributed by atoms with E-state index in [1.54, 1.807) is 60.7 Å². The maximum atomic E-state index is 14.3. The van der Waals surface area contributed by atoms with Gasteiger partial charge in [-0.05, 0) is 90.4 Å². The van der Waals surface area contributed by atoms with Gasteiger partial charge in [0.1, 0.15) is 16.8 Å². The minimum Gasteiger partial charge on any atom is -0.325 e. The molecule has 3 amide bonds. The first-order chi connectivity index (χ1) is 22.7. The fraction of sp³-hybridized carbons (Fsp3) is 0.0541. The van der Waals surface area contributed by atoms with Gasteiger partial charge < -0.3 is 16.0 Å². The Morgan fingerprint density at radius 3 is 2.15 bits per heavy atom. The molecule has 5 aromatic rings. The van der Waals surface area contributed by atoms with Gasteiger partial charge >= 0.3 is 0 Å². The Kier molecular flexibility index (Phi) is 11.3. The molecule has 10 heteroatoms. The van der Waals surface area contributed by atoms with E-state index in [0.717, 1.165) is 20.5 Å². The SMILES string of the molecule is Cc1ccc(NC(=O)C(Sc2ccc(NC(=O)/C(=C\c3ccc(Br)cc3)NC(=O)c3ccccc3F)cc2)c2ccccc2)cc1Cl. The van der Waals surface area contributed by atoms with E-state index in [9.17, 15) is 18.8 Å². The topological polar surface area (TPSA) is 87.3 Å². The van der Waals surface area contributed by atoms with Crippen LogP contribution in [0, 0.1) is 12.7 Å². The lowest BCUT2D eigenvalue weighted by atomic mass is 10.1. The van der Waals surface area contributed by atoms with E-state index in [0.29, 0.717) is 22.0 Å². The summed E-state index contributed by atoms with van der Waals surface area (Å²) in [7, 11) is 0. The van der Waals surface area contributed by atoms with E-state index < -0.39 is 22.9 Å². The predicted octanol–water partition coefficient (Wildman–Crippen LogP) is 9.43. The number of hydrogen-bond donors (Lipinski definition) is 3. The van der Waals surface area contributed by atoms with Crippen LogP contribution in [0.1, 0.15) is 32.3 Å². The predicted molar refractivity (Wildman–Crippen MR) is 191 cm³/mol. The Labute approximate surface area is 289 Å². The fourth-order valence-corrected chi connectivity index (χ4v) is 5.92. The number of halogens is 3. The molecule has 0 radical (unpaired) electrons. The molecule has 0 bridgehead atoms. The molecule has 0 aromatic heterocycles. The smallest absolute Gasteiger partial charge is 0.272 e. The molecule has 236 valence electrons. The second kappa shape index (κ2) is 15.7. The Balaban J connectivity index is 1.33. The first-order valence-electron chi connectivity index (χ1n) is 14.4. The van der Waals surface area contributed by atoms with E-state index >= 15 is 0 Å². The number of amides is 3. The Morgan fingerprint density at radius 1 is 0.809 bits per heavy atom. The van der Waals surface area contributed by atoms with E-state index in [1.807, 2.05) is 49.4 Å². The highest BCUT2D eigenvalue weighted by molar-refractivity contribution is 9.10. The highest BCUT2D eigenvalue weighted by atomic mass is 79.9. The van der Waals surface area contributed by atoms with Crippen LogP contribution < -0.4 is 16.0 Å². The average molecular weight is 729 g/mol. The minimum atomic E-state index is -0.758. The summed E-state index contributed by atoms with van der Waals surface area (Å²) < 4.78 is 15.2. The molecule has 47 heavy (non-hydrogen) atoms. The zero-order chi connectivity index (χ0) is 33.3. The summed E-state index contributed by atoms with van der Waals surface area (Å²) in [5, 5.41) is 8.30. The normalized spacial score (nSPS) is 11.8. The molecule has 0 saturated carbocycles. The second-order valence-electron chi connectivity index (χ2n) is 10.4. The van der Waals surface area contributed by atoms with E-state index in [-0.39, 0.29) is 17.2 Å². The van der Waals surface area contributed by atoms with E-state index in [2.05, 4.69) is 31.9 Å². The average Bonchev–Trinajstić information content (AvgIpc) is 3.07. The second-order valence-corrected chi connectivity index (χ2v) is 12.9. The van der Waals surface area contributed by atoms with Crippen molar-refractivity contribution in [3.05, 3.63) is 165 Å². The minimum absolute atomic E-state index is 0.0731. The first-order valence-corrected chi connectivity index (χ1v) is 16.4. The van der Waals surface area contributed by atoms with Crippen LogP contribution in [0.4, 0.5) is 15.8 Å². The molecule has 0 heterocycles. The molecule has 0 spiro atoms. The van der Waals surface area contributed by atoms with Crippen LogP contribution in [-0.4, -0.2) is 17.7 Å². The molecule has 0 fully saturated rings. The van der Waals surface area contributed by atoms with Crippen LogP contribution in [0.5, 0.6) is 0 Å². The zero-order valence-electron chi connectivity index (χ0n) is 25.0. The molecule has 6 nitrogen and oxygen atoms in total. The third kappa shape index (κ3) is 9.19. The summed E-state index contributed by atoms with van der Waals surface area (Å²) in [6, 6.07) is 34.5. The van der Waals surface area contributed by atoms with Crippen molar-refractivity contribution >= 4 is 74.5 Å². The standard InChI is InChI=1S/C37H28BrClFN3O3S/c1-23-11-16-28(22-31(23)39)42-37(46)34(25-7-3-2-4-8-25)47-29-19-17-27(18-20-29)41-36(45)33(21-24-12-14-26(38)15-13-24)43-35(44)30-9-5-6-10-32(30)40/h2-22,34H,1H3,(H,41,45)(H,42,46)(H,43,44)/b33-21+. The van der Waals surface area contributed by atoms with Gasteiger partial charge in [-0.2, -0.15) is 0 Å². The maximum absolute atomic E-state index is 14.3. The zero-order valence-corrected chi connectivity index (χ0v) is 28.1. The van der Waals surface area contributed by atoms with Gasteiger partial charge in [0.15, 0.2) is 0 Å². The molecule has 3 N–H and O–H groups in total. The lowest BCUT2D eigenvalue weighted by Gasteiger charge is -2.18. The third-order valence-corrected chi connectivity index (χ3v) is 9.14. The van der Waals surface area contributed by atoms with Crippen LogP contribution >= 0.6 is 39.3 Å². The van der Waals surface area contributed by atoms with E-state index in [1.165, 1.54) is 36.0 Å². The van der Waals surface area contributed by atoms with E-state index in [4.69, 9.17) is 11.6 Å². The van der Waals surface area contributed by atoms with Crippen molar-refractivity contribution in [1.82, 2.24) is 5.32 Å². The first kappa shape index (κ1) is 33.7. The van der Waals surface area contributed by atoms with Crippen molar-refractivity contribution in [2.45, 2.75) is 17.1 Å². The van der Waals surface area contributed by atoms with Crippen molar-refractivity contribution in [3.63, 3.8) is 0 Å². The Bertz CT molecular complexity index is 1940. The summed E-state index contributed by atoms with van der Waals surface area (Å²) in [5.74, 6) is -2.28. The number of hydrogen-bond acceptors (Lipinski definition) is 4. The largest absolute Gasteiger partial charge is 0.325 e. The summed E-state index contributed by atoms with van der Waals surface area (Å²) in [4.78, 5) is 40.6. The molecule has 0 aliphatic carbocycles. The fourth-order valence-electron chi connectivity index (χ4n) is 4.45. The van der Waals surface area contributed by atoms with Crippen molar-refractivity contribution in [2.75, 3.05) is 10.6 Å². The molecule has 1 atom stereocenters. The number of anilines is 2. The van der Waals surface area contributed by atoms with Gasteiger partial charge in [-0.25, -0.2) is 4.39 Å². The molecular formula is C37H28BrClFN3O3S. The van der Waals surface area contributed by atoms with Gasteiger partial charge in [0.25, 0.3) is 11.8 Å². The van der Waals surface area contributed by atoms with Crippen molar-refractivity contribution in [3.8, 4) is 0 Å². The molecular weight excluding hydrogens is 701 g/mol. The highest BCUT2D eigenvalue weighted by Gasteiger charge is 2.23. The number of benzene rings is 5. The highest BCUT2D eigenvalue weighted by Crippen LogP contribution is 2.37. The number of nitrogens with one attached hydrogen (secondary N) is 3. The third-order valence-electron chi connectivity index (χ3n) is 6.94. The van der Waals surface area contributed by atoms with Gasteiger partial charge in [0, 0.05) is 25.8 Å². The summed E-state index contributed by atoms with van der Waals surface area (Å²) in [6.45, 7) is 1.89. The van der Waals surface area contributed by atoms with Crippen LogP contribution in [0.25, 0.3) is 6.08 Å². The lowest BCUT2D eigenvalue weighted by molar-refractivity contribution is -0.116. The molecule has 5 aromatic carbocycles. The molecule has 1 unspecified atom stereocenters. The molecule has 5 rings (SSSR count). The van der Waals surface area contributed by atoms with Crippen LogP contribution in [0.2, 0.25) is 5.02 Å². The van der Waals surface area contributed by atoms with Crippen LogP contribution in [-0.2, 0) is 9.59 Å². The van der Waals surface area contributed by atoms with Crippen molar-refractivity contribution in [1.29, 1.82) is 0 Å². The van der Waals surface area contributed by atoms with Crippen LogP contribution in [0.15, 0.2) is 136 Å². The number of carbonyl (C=O) groups is 3. The van der Waals surface area contributed by atoms with Crippen molar-refractivity contribution in [2.24, 2.45) is 0 Å². The summed E-state index contributed by atoms with van der Waals surface area (Å²) in [5.41, 5.74) is 3.17. The molecule has 0 aliphatic rings. The van der Waals surface area contributed by atoms with Gasteiger partial charge in [-0.15, -0.1) is 11.8 Å². The Hall–Kier alpha value is -4.70. The summed E-state index contributed by atoms with van der Waals surface area (Å²) >= 11 is 11.0. The van der Waals surface area contributed by atoms with Crippen molar-refractivity contribution < 1.29 is 18.8 Å². The van der Waals surface area contributed by atoms with Gasteiger partial charge in [0.05, 0.1) is 5.56 Å².